The third-order valence-corrected chi connectivity index (χ3v) is 4.35. The summed E-state index contributed by atoms with van der Waals surface area (Å²) in [4.78, 5) is 14.2. The summed E-state index contributed by atoms with van der Waals surface area (Å²) < 4.78 is 5.18. The molecule has 0 spiro atoms. The maximum Gasteiger partial charge on any atom is 0.238 e. The minimum Gasteiger partial charge on any atom is -0.497 e. The average molecular weight is 276 g/mol. The highest BCUT2D eigenvalue weighted by molar-refractivity contribution is 5.81. The van der Waals surface area contributed by atoms with Crippen molar-refractivity contribution >= 4 is 5.91 Å². The van der Waals surface area contributed by atoms with Gasteiger partial charge in [-0.15, -0.1) is 0 Å². The zero-order valence-corrected chi connectivity index (χ0v) is 12.7. The fourth-order valence-corrected chi connectivity index (χ4v) is 2.66. The first-order chi connectivity index (χ1) is 9.58. The average Bonchev–Trinajstić information content (AvgIpc) is 2.87. The predicted molar refractivity (Wildman–Crippen MR) is 79.5 cm³/mol. The first kappa shape index (κ1) is 14.9. The number of carbonyl (C=O) groups is 1. The number of nitrogens with one attached hydrogen (secondary N) is 1. The van der Waals surface area contributed by atoms with Crippen molar-refractivity contribution in [3.63, 3.8) is 0 Å². The first-order valence-electron chi connectivity index (χ1n) is 7.27. The predicted octanol–water partition coefficient (Wildman–Crippen LogP) is 2.56. The van der Waals surface area contributed by atoms with E-state index in [0.717, 1.165) is 17.7 Å². The number of hydrogen-bond donors (Lipinski definition) is 1. The molecule has 1 aromatic carbocycles. The van der Waals surface area contributed by atoms with Gasteiger partial charge in [-0.2, -0.15) is 0 Å². The number of nitrogens with zero attached hydrogens (tertiary/aromatic N) is 1. The SMILES string of the molecule is CCC(C)C(C)N1C(=O)CNC1c1ccc(OC)cc1. The van der Waals surface area contributed by atoms with Crippen LogP contribution in [0.3, 0.4) is 0 Å². The molecule has 1 fully saturated rings. The largest absolute Gasteiger partial charge is 0.497 e. The maximum absolute atomic E-state index is 12.2. The Morgan fingerprint density at radius 2 is 2.00 bits per heavy atom. The van der Waals surface area contributed by atoms with Gasteiger partial charge in [0.15, 0.2) is 0 Å². The van der Waals surface area contributed by atoms with Crippen LogP contribution in [-0.2, 0) is 4.79 Å². The van der Waals surface area contributed by atoms with E-state index in [1.807, 2.05) is 29.2 Å². The molecule has 0 aliphatic carbocycles. The van der Waals surface area contributed by atoms with Gasteiger partial charge in [0.1, 0.15) is 11.9 Å². The zero-order valence-electron chi connectivity index (χ0n) is 12.7. The van der Waals surface area contributed by atoms with E-state index in [2.05, 4.69) is 26.1 Å². The first-order valence-corrected chi connectivity index (χ1v) is 7.27. The van der Waals surface area contributed by atoms with E-state index in [0.29, 0.717) is 12.5 Å². The van der Waals surface area contributed by atoms with E-state index in [-0.39, 0.29) is 18.1 Å². The van der Waals surface area contributed by atoms with Gasteiger partial charge < -0.3 is 9.64 Å². The van der Waals surface area contributed by atoms with Gasteiger partial charge in [0.25, 0.3) is 0 Å². The quantitative estimate of drug-likeness (QED) is 0.898. The summed E-state index contributed by atoms with van der Waals surface area (Å²) in [6, 6.07) is 8.14. The Bertz CT molecular complexity index is 458. The Labute approximate surface area is 121 Å². The van der Waals surface area contributed by atoms with Crippen LogP contribution in [0.5, 0.6) is 5.75 Å². The molecule has 2 rings (SSSR count). The van der Waals surface area contributed by atoms with Crippen molar-refractivity contribution in [1.82, 2.24) is 10.2 Å². The molecule has 1 N–H and O–H groups in total. The van der Waals surface area contributed by atoms with Crippen LogP contribution in [0.15, 0.2) is 24.3 Å². The molecule has 3 atom stereocenters. The van der Waals surface area contributed by atoms with Gasteiger partial charge in [0, 0.05) is 6.04 Å². The summed E-state index contributed by atoms with van der Waals surface area (Å²) in [6.45, 7) is 6.91. The normalized spacial score (nSPS) is 21.9. The van der Waals surface area contributed by atoms with Crippen molar-refractivity contribution in [3.05, 3.63) is 29.8 Å². The molecule has 1 aromatic rings. The van der Waals surface area contributed by atoms with Crippen LogP contribution < -0.4 is 10.1 Å². The van der Waals surface area contributed by atoms with Crippen LogP contribution in [0.1, 0.15) is 38.9 Å². The lowest BCUT2D eigenvalue weighted by Crippen LogP contribution is -2.41. The zero-order chi connectivity index (χ0) is 14.7. The Morgan fingerprint density at radius 1 is 1.35 bits per heavy atom. The lowest BCUT2D eigenvalue weighted by Gasteiger charge is -2.34. The van der Waals surface area contributed by atoms with Gasteiger partial charge >= 0.3 is 0 Å². The fourth-order valence-electron chi connectivity index (χ4n) is 2.66. The van der Waals surface area contributed by atoms with E-state index in [4.69, 9.17) is 4.74 Å². The number of methoxy groups -OCH3 is 1. The maximum atomic E-state index is 12.2. The molecule has 1 aliphatic rings. The van der Waals surface area contributed by atoms with Gasteiger partial charge in [0.2, 0.25) is 5.91 Å². The highest BCUT2D eigenvalue weighted by Crippen LogP contribution is 2.29. The molecule has 0 saturated carbocycles. The Balaban J connectivity index is 2.22. The molecule has 1 amide bonds. The smallest absolute Gasteiger partial charge is 0.238 e. The van der Waals surface area contributed by atoms with Crippen LogP contribution in [0, 0.1) is 5.92 Å². The Kier molecular flexibility index (Phi) is 4.65. The molecular weight excluding hydrogens is 252 g/mol. The summed E-state index contributed by atoms with van der Waals surface area (Å²) in [5.41, 5.74) is 1.10. The molecule has 3 unspecified atom stereocenters. The number of hydrogen-bond acceptors (Lipinski definition) is 3. The third kappa shape index (κ3) is 2.80. The second-order valence-electron chi connectivity index (χ2n) is 5.48. The van der Waals surface area contributed by atoms with Gasteiger partial charge in [-0.05, 0) is 30.5 Å². The van der Waals surface area contributed by atoms with Crippen LogP contribution in [-0.4, -0.2) is 30.5 Å². The Hall–Kier alpha value is -1.55. The summed E-state index contributed by atoms with van der Waals surface area (Å²) in [5.74, 6) is 1.50. The van der Waals surface area contributed by atoms with E-state index in [9.17, 15) is 4.79 Å². The number of benzene rings is 1. The van der Waals surface area contributed by atoms with Gasteiger partial charge in [0.05, 0.1) is 13.7 Å². The molecule has 1 aliphatic heterocycles. The van der Waals surface area contributed by atoms with E-state index in [1.165, 1.54) is 0 Å². The van der Waals surface area contributed by atoms with Gasteiger partial charge in [-0.25, -0.2) is 0 Å². The van der Waals surface area contributed by atoms with E-state index < -0.39 is 0 Å². The lowest BCUT2D eigenvalue weighted by molar-refractivity contribution is -0.131. The van der Waals surface area contributed by atoms with E-state index >= 15 is 0 Å². The van der Waals surface area contributed by atoms with Crippen LogP contribution >= 0.6 is 0 Å². The molecule has 20 heavy (non-hydrogen) atoms. The van der Waals surface area contributed by atoms with Gasteiger partial charge in [-0.1, -0.05) is 32.4 Å². The Morgan fingerprint density at radius 3 is 2.55 bits per heavy atom. The third-order valence-electron chi connectivity index (χ3n) is 4.35. The second kappa shape index (κ2) is 6.27. The van der Waals surface area contributed by atoms with Crippen LogP contribution in [0.25, 0.3) is 0 Å². The van der Waals surface area contributed by atoms with Gasteiger partial charge in [-0.3, -0.25) is 10.1 Å². The van der Waals surface area contributed by atoms with Crippen molar-refractivity contribution in [1.29, 1.82) is 0 Å². The molecule has 110 valence electrons. The fraction of sp³-hybridized carbons (Fsp3) is 0.562. The molecule has 1 heterocycles. The molecule has 4 heteroatoms. The highest BCUT2D eigenvalue weighted by Gasteiger charge is 2.36. The second-order valence-corrected chi connectivity index (χ2v) is 5.48. The summed E-state index contributed by atoms with van der Waals surface area (Å²) >= 11 is 0. The number of ether oxygens (including phenoxy) is 1. The molecule has 1 saturated heterocycles. The topological polar surface area (TPSA) is 41.6 Å². The van der Waals surface area contributed by atoms with Crippen molar-refractivity contribution < 1.29 is 9.53 Å². The number of carbonyl (C=O) groups excluding carboxylic acids is 1. The van der Waals surface area contributed by atoms with Crippen LogP contribution in [0.2, 0.25) is 0 Å². The molecule has 0 aromatic heterocycles. The molecular formula is C16H24N2O2. The molecule has 0 radical (unpaired) electrons. The number of amides is 1. The summed E-state index contributed by atoms with van der Waals surface area (Å²) in [6.07, 6.45) is 1.04. The van der Waals surface area contributed by atoms with Crippen LogP contribution in [0.4, 0.5) is 0 Å². The van der Waals surface area contributed by atoms with Crippen molar-refractivity contribution in [2.75, 3.05) is 13.7 Å². The minimum absolute atomic E-state index is 0.0302. The van der Waals surface area contributed by atoms with E-state index in [1.54, 1.807) is 7.11 Å². The standard InChI is InChI=1S/C16H24N2O2/c1-5-11(2)12(3)18-15(19)10-17-16(18)13-6-8-14(20-4)9-7-13/h6-9,11-12,16-17H,5,10H2,1-4H3. The summed E-state index contributed by atoms with van der Waals surface area (Å²) in [5, 5.41) is 3.31. The molecule has 0 bridgehead atoms. The molecule has 4 nitrogen and oxygen atoms in total. The monoisotopic (exact) mass is 276 g/mol. The highest BCUT2D eigenvalue weighted by atomic mass is 16.5. The van der Waals surface area contributed by atoms with Crippen molar-refractivity contribution in [2.45, 2.75) is 39.4 Å². The minimum atomic E-state index is -0.0302. The lowest BCUT2D eigenvalue weighted by atomic mass is 9.98. The number of rotatable bonds is 5. The van der Waals surface area contributed by atoms with Crippen molar-refractivity contribution in [2.24, 2.45) is 5.92 Å². The summed E-state index contributed by atoms with van der Waals surface area (Å²) in [7, 11) is 1.66. The van der Waals surface area contributed by atoms with Crippen molar-refractivity contribution in [3.8, 4) is 5.75 Å².